The molecule has 32 heavy (non-hydrogen) atoms. The van der Waals surface area contributed by atoms with E-state index in [1.54, 1.807) is 6.20 Å². The summed E-state index contributed by atoms with van der Waals surface area (Å²) in [6.45, 7) is 5.83. The van der Waals surface area contributed by atoms with Crippen molar-refractivity contribution in [1.82, 2.24) is 20.6 Å². The van der Waals surface area contributed by atoms with Gasteiger partial charge in [-0.25, -0.2) is 4.98 Å². The van der Waals surface area contributed by atoms with Crippen molar-refractivity contribution in [2.75, 3.05) is 18.4 Å². The van der Waals surface area contributed by atoms with Crippen LogP contribution in [-0.4, -0.2) is 41.3 Å². The van der Waals surface area contributed by atoms with E-state index in [-0.39, 0.29) is 23.1 Å². The zero-order valence-corrected chi connectivity index (χ0v) is 19.8. The van der Waals surface area contributed by atoms with Crippen LogP contribution in [0.3, 0.4) is 0 Å². The maximum atomic E-state index is 12.7. The molecule has 1 aliphatic heterocycles. The van der Waals surface area contributed by atoms with Crippen molar-refractivity contribution in [3.8, 4) is 0 Å². The second-order valence-electron chi connectivity index (χ2n) is 8.97. The molecule has 0 radical (unpaired) electrons. The fourth-order valence-corrected chi connectivity index (χ4v) is 4.32. The van der Waals surface area contributed by atoms with Gasteiger partial charge in [0, 0.05) is 23.7 Å². The van der Waals surface area contributed by atoms with Crippen LogP contribution in [0.25, 0.3) is 5.57 Å². The number of halogens is 1. The lowest BCUT2D eigenvalue weighted by Crippen LogP contribution is -2.42. The number of carbonyl (C=O) groups is 2. The Kier molecular flexibility index (Phi) is 6.45. The predicted octanol–water partition coefficient (Wildman–Crippen LogP) is 3.81. The van der Waals surface area contributed by atoms with Gasteiger partial charge in [-0.15, -0.1) is 0 Å². The summed E-state index contributed by atoms with van der Waals surface area (Å²) in [5, 5.41) is 8.75. The first-order valence-electron chi connectivity index (χ1n) is 10.7. The molecule has 8 nitrogen and oxygen atoms in total. The third-order valence-electron chi connectivity index (χ3n) is 6.02. The topological polar surface area (TPSA) is 111 Å². The molecule has 1 aromatic heterocycles. The van der Waals surface area contributed by atoms with Gasteiger partial charge in [0.05, 0.1) is 12.7 Å². The van der Waals surface area contributed by atoms with E-state index < -0.39 is 0 Å². The number of benzene rings is 1. The average Bonchev–Trinajstić information content (AvgIpc) is 3.21. The number of imidazole rings is 1. The van der Waals surface area contributed by atoms with E-state index in [0.717, 1.165) is 36.1 Å². The van der Waals surface area contributed by atoms with Crippen molar-refractivity contribution in [2.45, 2.75) is 39.0 Å². The summed E-state index contributed by atoms with van der Waals surface area (Å²) in [4.78, 5) is 34.8. The molecule has 0 fully saturated rings. The number of rotatable bonds is 5. The molecule has 4 N–H and O–H groups in total. The second-order valence-corrected chi connectivity index (χ2v) is 9.82. The van der Waals surface area contributed by atoms with E-state index >= 15 is 0 Å². The van der Waals surface area contributed by atoms with Crippen LogP contribution in [0.5, 0.6) is 0 Å². The summed E-state index contributed by atoms with van der Waals surface area (Å²) in [5.74, 6) is 0.654. The minimum Gasteiger partial charge on any atom is -0.355 e. The van der Waals surface area contributed by atoms with E-state index in [4.69, 9.17) is 0 Å². The molecule has 1 unspecified atom stereocenters. The minimum atomic E-state index is -0.282. The van der Waals surface area contributed by atoms with Crippen LogP contribution in [0.1, 0.15) is 60.8 Å². The van der Waals surface area contributed by atoms with E-state index in [2.05, 4.69) is 72.8 Å². The van der Waals surface area contributed by atoms with Gasteiger partial charge in [-0.2, -0.15) is 0 Å². The average molecular weight is 499 g/mol. The number of aromatic amines is 1. The van der Waals surface area contributed by atoms with Crippen molar-refractivity contribution in [2.24, 2.45) is 10.4 Å². The van der Waals surface area contributed by atoms with E-state index in [0.29, 0.717) is 30.1 Å². The Bertz CT molecular complexity index is 1090. The fraction of sp³-hybridized carbons (Fsp3) is 0.391. The second kappa shape index (κ2) is 9.28. The maximum absolute atomic E-state index is 12.7. The first-order valence-corrected chi connectivity index (χ1v) is 11.5. The summed E-state index contributed by atoms with van der Waals surface area (Å²) >= 11 is 3.29. The summed E-state index contributed by atoms with van der Waals surface area (Å²) < 4.78 is 0.657. The van der Waals surface area contributed by atoms with Crippen molar-refractivity contribution in [1.29, 1.82) is 0 Å². The zero-order chi connectivity index (χ0) is 22.7. The number of hydrogen-bond acceptors (Lipinski definition) is 5. The Labute approximate surface area is 195 Å². The molecule has 2 aromatic rings. The number of hydrogen-bond donors (Lipinski definition) is 4. The van der Waals surface area contributed by atoms with Crippen LogP contribution in [0.2, 0.25) is 0 Å². The number of aromatic nitrogens is 2. The molecular formula is C23H27BrN6O2. The van der Waals surface area contributed by atoms with Crippen molar-refractivity contribution in [3.05, 3.63) is 52.0 Å². The van der Waals surface area contributed by atoms with Crippen LogP contribution in [-0.2, 0) is 4.79 Å². The number of carbonyl (C=O) groups excluding carboxylic acids is 2. The molecule has 1 aromatic carbocycles. The molecular weight excluding hydrogens is 472 g/mol. The van der Waals surface area contributed by atoms with Gasteiger partial charge in [-0.3, -0.25) is 19.9 Å². The SMILES string of the molecule is CC1(C)CC=C(c2cc(C3CN=C(NC=O)NC3)ccc2NC(=O)c2ncc(Br)[nH]2)CC1. The number of aliphatic imine (C=N–C) groups is 1. The molecule has 0 spiro atoms. The Hall–Kier alpha value is -2.94. The normalized spacial score (nSPS) is 19.9. The lowest BCUT2D eigenvalue weighted by Gasteiger charge is -2.30. The third kappa shape index (κ3) is 5.09. The Morgan fingerprint density at radius 3 is 2.81 bits per heavy atom. The molecule has 0 saturated carbocycles. The smallest absolute Gasteiger partial charge is 0.291 e. The largest absolute Gasteiger partial charge is 0.355 e. The zero-order valence-electron chi connectivity index (χ0n) is 18.2. The first-order chi connectivity index (χ1) is 15.3. The highest BCUT2D eigenvalue weighted by Crippen LogP contribution is 2.40. The highest BCUT2D eigenvalue weighted by atomic mass is 79.9. The fourth-order valence-electron chi connectivity index (χ4n) is 4.03. The standard InChI is InChI=1S/C23H27BrN6O2/c1-23(2)7-5-14(6-8-23)17-9-15(16-10-26-22(27-11-16)28-13-31)3-4-18(17)29-21(32)20-25-12-19(24)30-20/h3-5,9,12-13,16H,6-8,10-11H2,1-2H3,(H,25,30)(H,29,32)(H2,26,27,28,31). The summed E-state index contributed by atoms with van der Waals surface area (Å²) in [6.07, 6.45) is 7.54. The van der Waals surface area contributed by atoms with Gasteiger partial charge >= 0.3 is 0 Å². The molecule has 2 heterocycles. The van der Waals surface area contributed by atoms with Gasteiger partial charge in [0.15, 0.2) is 11.8 Å². The van der Waals surface area contributed by atoms with Gasteiger partial charge in [0.25, 0.3) is 5.91 Å². The van der Waals surface area contributed by atoms with E-state index in [1.165, 1.54) is 5.57 Å². The first kappa shape index (κ1) is 22.3. The summed E-state index contributed by atoms with van der Waals surface area (Å²) in [7, 11) is 0. The molecule has 4 rings (SSSR count). The lowest BCUT2D eigenvalue weighted by molar-refractivity contribution is -0.108. The number of amides is 2. The summed E-state index contributed by atoms with van der Waals surface area (Å²) in [5.41, 5.74) is 4.49. The van der Waals surface area contributed by atoms with Gasteiger partial charge < -0.3 is 15.6 Å². The van der Waals surface area contributed by atoms with E-state index in [1.807, 2.05) is 12.1 Å². The van der Waals surface area contributed by atoms with Gasteiger partial charge in [0.1, 0.15) is 4.60 Å². The Balaban J connectivity index is 1.63. The number of allylic oxidation sites excluding steroid dienone is 2. The Morgan fingerprint density at radius 2 is 2.19 bits per heavy atom. The molecule has 168 valence electrons. The monoisotopic (exact) mass is 498 g/mol. The van der Waals surface area contributed by atoms with E-state index in [9.17, 15) is 9.59 Å². The van der Waals surface area contributed by atoms with Crippen LogP contribution in [0.15, 0.2) is 40.1 Å². The highest BCUT2D eigenvalue weighted by Gasteiger charge is 2.25. The maximum Gasteiger partial charge on any atom is 0.291 e. The quantitative estimate of drug-likeness (QED) is 0.469. The van der Waals surface area contributed by atoms with Crippen LogP contribution in [0, 0.1) is 5.41 Å². The van der Waals surface area contributed by atoms with Crippen molar-refractivity contribution >= 4 is 45.5 Å². The number of H-pyrrole nitrogens is 1. The number of anilines is 1. The van der Waals surface area contributed by atoms with Gasteiger partial charge in [-0.1, -0.05) is 26.0 Å². The molecule has 0 saturated heterocycles. The summed E-state index contributed by atoms with van der Waals surface area (Å²) in [6, 6.07) is 6.16. The third-order valence-corrected chi connectivity index (χ3v) is 6.43. The molecule has 2 aliphatic rings. The molecule has 0 bridgehead atoms. The number of guanidine groups is 1. The Morgan fingerprint density at radius 1 is 1.34 bits per heavy atom. The molecule has 9 heteroatoms. The lowest BCUT2D eigenvalue weighted by atomic mass is 9.76. The number of nitrogens with one attached hydrogen (secondary N) is 4. The molecule has 2 amide bonds. The van der Waals surface area contributed by atoms with Crippen molar-refractivity contribution < 1.29 is 9.59 Å². The minimum absolute atomic E-state index is 0.178. The molecule has 1 aliphatic carbocycles. The molecule has 1 atom stereocenters. The van der Waals surface area contributed by atoms with Gasteiger partial charge in [0.2, 0.25) is 6.41 Å². The van der Waals surface area contributed by atoms with Crippen molar-refractivity contribution in [3.63, 3.8) is 0 Å². The van der Waals surface area contributed by atoms with Crippen LogP contribution < -0.4 is 16.0 Å². The van der Waals surface area contributed by atoms with Gasteiger partial charge in [-0.05, 0) is 63.9 Å². The highest BCUT2D eigenvalue weighted by molar-refractivity contribution is 9.10. The number of nitrogens with zero attached hydrogens (tertiary/aromatic N) is 2. The predicted molar refractivity (Wildman–Crippen MR) is 129 cm³/mol. The van der Waals surface area contributed by atoms with Crippen LogP contribution in [0.4, 0.5) is 5.69 Å². The van der Waals surface area contributed by atoms with Crippen LogP contribution >= 0.6 is 15.9 Å².